The van der Waals surface area contributed by atoms with Crippen LogP contribution in [-0.2, 0) is 0 Å². The molecule has 0 spiro atoms. The smallest absolute Gasteiger partial charge is 0.0341 e. The van der Waals surface area contributed by atoms with Crippen molar-refractivity contribution in [2.24, 2.45) is 23.5 Å². The molecule has 94 valence electrons. The van der Waals surface area contributed by atoms with Crippen LogP contribution >= 0.6 is 0 Å². The molecule has 2 N–H and O–H groups in total. The molecular formula is C15H24N2. The van der Waals surface area contributed by atoms with Crippen molar-refractivity contribution in [2.75, 3.05) is 0 Å². The normalized spacial score (nSPS) is 31.2. The van der Waals surface area contributed by atoms with Crippen LogP contribution in [0.3, 0.4) is 0 Å². The lowest BCUT2D eigenvalue weighted by Crippen LogP contribution is -2.29. The van der Waals surface area contributed by atoms with Gasteiger partial charge in [0.1, 0.15) is 0 Å². The van der Waals surface area contributed by atoms with Gasteiger partial charge < -0.3 is 5.73 Å². The van der Waals surface area contributed by atoms with E-state index in [1.165, 1.54) is 30.4 Å². The van der Waals surface area contributed by atoms with Crippen molar-refractivity contribution in [1.82, 2.24) is 4.98 Å². The molecule has 1 aliphatic carbocycles. The van der Waals surface area contributed by atoms with E-state index < -0.39 is 0 Å². The summed E-state index contributed by atoms with van der Waals surface area (Å²) in [4.78, 5) is 4.22. The van der Waals surface area contributed by atoms with Crippen molar-refractivity contribution in [2.45, 2.75) is 46.1 Å². The highest BCUT2D eigenvalue weighted by Crippen LogP contribution is 2.39. The molecule has 2 nitrogen and oxygen atoms in total. The Morgan fingerprint density at radius 3 is 2.71 bits per heavy atom. The van der Waals surface area contributed by atoms with Crippen molar-refractivity contribution in [3.05, 3.63) is 29.6 Å². The molecule has 0 amide bonds. The predicted molar refractivity (Wildman–Crippen MR) is 71.6 cm³/mol. The molecule has 4 atom stereocenters. The number of hydrogen-bond acceptors (Lipinski definition) is 2. The average molecular weight is 232 g/mol. The minimum absolute atomic E-state index is 0.165. The van der Waals surface area contributed by atoms with E-state index in [9.17, 15) is 0 Å². The van der Waals surface area contributed by atoms with E-state index in [0.717, 1.165) is 11.8 Å². The van der Waals surface area contributed by atoms with Gasteiger partial charge in [-0.2, -0.15) is 0 Å². The molecule has 0 bridgehead atoms. The van der Waals surface area contributed by atoms with Crippen molar-refractivity contribution < 1.29 is 0 Å². The Morgan fingerprint density at radius 2 is 2.06 bits per heavy atom. The van der Waals surface area contributed by atoms with Crippen LogP contribution in [0.15, 0.2) is 18.5 Å². The summed E-state index contributed by atoms with van der Waals surface area (Å²) in [5.74, 6) is 2.29. The SMILES string of the molecule is Cc1ccncc1C(N)C1CCC(C)C(C)C1. The molecule has 1 aliphatic rings. The van der Waals surface area contributed by atoms with Crippen LogP contribution in [0.5, 0.6) is 0 Å². The largest absolute Gasteiger partial charge is 0.324 e. The highest BCUT2D eigenvalue weighted by Gasteiger charge is 2.29. The molecular weight excluding hydrogens is 208 g/mol. The fourth-order valence-electron chi connectivity index (χ4n) is 2.99. The molecule has 1 heterocycles. The van der Waals surface area contributed by atoms with Crippen LogP contribution in [0.4, 0.5) is 0 Å². The standard InChI is InChI=1S/C15H24N2/c1-10-4-5-13(8-12(10)3)15(16)14-9-17-7-6-11(14)2/h6-7,9-10,12-13,15H,4-5,8,16H2,1-3H3. The Hall–Kier alpha value is -0.890. The lowest BCUT2D eigenvalue weighted by Gasteiger charge is -2.35. The second-order valence-electron chi connectivity index (χ2n) is 5.79. The van der Waals surface area contributed by atoms with Crippen LogP contribution in [0, 0.1) is 24.7 Å². The van der Waals surface area contributed by atoms with Crippen LogP contribution in [-0.4, -0.2) is 4.98 Å². The van der Waals surface area contributed by atoms with E-state index >= 15 is 0 Å². The molecule has 2 heteroatoms. The Kier molecular flexibility index (Phi) is 3.82. The van der Waals surface area contributed by atoms with Gasteiger partial charge in [0.05, 0.1) is 0 Å². The maximum atomic E-state index is 6.44. The summed E-state index contributed by atoms with van der Waals surface area (Å²) in [6.45, 7) is 6.85. The molecule has 4 unspecified atom stereocenters. The van der Waals surface area contributed by atoms with Gasteiger partial charge in [-0.25, -0.2) is 0 Å². The highest BCUT2D eigenvalue weighted by atomic mass is 14.7. The third-order valence-electron chi connectivity index (χ3n) is 4.59. The fourth-order valence-corrected chi connectivity index (χ4v) is 2.99. The number of aryl methyl sites for hydroxylation is 1. The topological polar surface area (TPSA) is 38.9 Å². The Bertz CT molecular complexity index is 375. The van der Waals surface area contributed by atoms with E-state index in [4.69, 9.17) is 5.73 Å². The van der Waals surface area contributed by atoms with Crippen LogP contribution in [0.2, 0.25) is 0 Å². The van der Waals surface area contributed by atoms with Gasteiger partial charge in [0.2, 0.25) is 0 Å². The van der Waals surface area contributed by atoms with Crippen molar-refractivity contribution in [3.63, 3.8) is 0 Å². The number of rotatable bonds is 2. The highest BCUT2D eigenvalue weighted by molar-refractivity contribution is 5.25. The molecule has 1 saturated carbocycles. The fraction of sp³-hybridized carbons (Fsp3) is 0.667. The van der Waals surface area contributed by atoms with Crippen LogP contribution in [0.25, 0.3) is 0 Å². The number of aromatic nitrogens is 1. The second kappa shape index (κ2) is 5.18. The first-order chi connectivity index (χ1) is 8.09. The quantitative estimate of drug-likeness (QED) is 0.848. The first-order valence-corrected chi connectivity index (χ1v) is 6.75. The first kappa shape index (κ1) is 12.6. The summed E-state index contributed by atoms with van der Waals surface area (Å²) in [6.07, 6.45) is 7.64. The van der Waals surface area contributed by atoms with E-state index in [-0.39, 0.29) is 6.04 Å². The van der Waals surface area contributed by atoms with Gasteiger partial charge in [0, 0.05) is 18.4 Å². The zero-order valence-corrected chi connectivity index (χ0v) is 11.2. The number of pyridine rings is 1. The molecule has 17 heavy (non-hydrogen) atoms. The molecule has 1 aromatic heterocycles. The predicted octanol–water partition coefficient (Wildman–Crippen LogP) is 3.46. The molecule has 0 aromatic carbocycles. The van der Waals surface area contributed by atoms with Crippen molar-refractivity contribution >= 4 is 0 Å². The van der Waals surface area contributed by atoms with Gasteiger partial charge in [-0.3, -0.25) is 4.98 Å². The average Bonchev–Trinajstić information content (AvgIpc) is 2.32. The van der Waals surface area contributed by atoms with Crippen LogP contribution < -0.4 is 5.73 Å². The summed E-state index contributed by atoms with van der Waals surface area (Å²) in [5.41, 5.74) is 8.95. The lowest BCUT2D eigenvalue weighted by atomic mass is 9.72. The lowest BCUT2D eigenvalue weighted by molar-refractivity contribution is 0.185. The minimum Gasteiger partial charge on any atom is -0.324 e. The van der Waals surface area contributed by atoms with Gasteiger partial charge in [0.25, 0.3) is 0 Å². The zero-order chi connectivity index (χ0) is 12.4. The third kappa shape index (κ3) is 2.68. The van der Waals surface area contributed by atoms with Crippen molar-refractivity contribution in [3.8, 4) is 0 Å². The van der Waals surface area contributed by atoms with Crippen molar-refractivity contribution in [1.29, 1.82) is 0 Å². The molecule has 1 fully saturated rings. The zero-order valence-electron chi connectivity index (χ0n) is 11.2. The van der Waals surface area contributed by atoms with E-state index in [1.807, 2.05) is 12.4 Å². The van der Waals surface area contributed by atoms with Gasteiger partial charge in [-0.1, -0.05) is 20.3 Å². The molecule has 0 aliphatic heterocycles. The summed E-state index contributed by atoms with van der Waals surface area (Å²) in [7, 11) is 0. The second-order valence-corrected chi connectivity index (χ2v) is 5.79. The molecule has 2 rings (SSSR count). The third-order valence-corrected chi connectivity index (χ3v) is 4.59. The van der Waals surface area contributed by atoms with Gasteiger partial charge in [-0.15, -0.1) is 0 Å². The number of hydrogen-bond donors (Lipinski definition) is 1. The number of nitrogens with two attached hydrogens (primary N) is 1. The van der Waals surface area contributed by atoms with Gasteiger partial charge in [0.15, 0.2) is 0 Å². The van der Waals surface area contributed by atoms with Gasteiger partial charge >= 0.3 is 0 Å². The number of nitrogens with zero attached hydrogens (tertiary/aromatic N) is 1. The Labute approximate surface area is 105 Å². The minimum atomic E-state index is 0.165. The Morgan fingerprint density at radius 1 is 1.29 bits per heavy atom. The van der Waals surface area contributed by atoms with E-state index in [2.05, 4.69) is 31.8 Å². The first-order valence-electron chi connectivity index (χ1n) is 6.75. The monoisotopic (exact) mass is 232 g/mol. The maximum absolute atomic E-state index is 6.44. The summed E-state index contributed by atoms with van der Waals surface area (Å²) in [6, 6.07) is 2.23. The van der Waals surface area contributed by atoms with Crippen LogP contribution in [0.1, 0.15) is 50.3 Å². The van der Waals surface area contributed by atoms with E-state index in [1.54, 1.807) is 0 Å². The summed E-state index contributed by atoms with van der Waals surface area (Å²) >= 11 is 0. The molecule has 0 radical (unpaired) electrons. The molecule has 0 saturated heterocycles. The molecule has 1 aromatic rings. The summed E-state index contributed by atoms with van der Waals surface area (Å²) < 4.78 is 0. The summed E-state index contributed by atoms with van der Waals surface area (Å²) in [5, 5.41) is 0. The maximum Gasteiger partial charge on any atom is 0.0341 e. The van der Waals surface area contributed by atoms with E-state index in [0.29, 0.717) is 5.92 Å². The van der Waals surface area contributed by atoms with Gasteiger partial charge in [-0.05, 0) is 54.7 Å². The Balaban J connectivity index is 2.10.